The number of carbonyl (C=O) groups excluding carboxylic acids is 1. The van der Waals surface area contributed by atoms with Crippen LogP contribution >= 0.6 is 23.8 Å². The first kappa shape index (κ1) is 26.5. The summed E-state index contributed by atoms with van der Waals surface area (Å²) >= 11 is 11.7. The maximum atomic E-state index is 12.9. The number of carbonyl (C=O) groups is 1. The number of oxazole rings is 1. The molecule has 1 fully saturated rings. The molecule has 0 radical (unpaired) electrons. The number of ether oxygens (including phenoxy) is 1. The van der Waals surface area contributed by atoms with Crippen LogP contribution in [0.25, 0.3) is 22.6 Å². The standard InChI is InChI=1S/C27H24ClN5O5S/c1-15-11-16(2)24-21(12-15)29-26(38-24)18-3-5-19(28)20(13-18)30-27(39)31-25(34)17-4-6-22(23(14-17)33(35)36)32-7-9-37-10-8-32/h3-6,11-14H,7-10H2,1-2H3,(H2,30,31,34,39). The number of halogens is 1. The monoisotopic (exact) mass is 565 g/mol. The summed E-state index contributed by atoms with van der Waals surface area (Å²) in [5, 5.41) is 17.5. The van der Waals surface area contributed by atoms with Crippen molar-refractivity contribution in [2.24, 2.45) is 0 Å². The van der Waals surface area contributed by atoms with Crippen molar-refractivity contribution < 1.29 is 18.9 Å². The first-order valence-corrected chi connectivity index (χ1v) is 12.9. The third kappa shape index (κ3) is 5.70. The fraction of sp³-hybridized carbons (Fsp3) is 0.222. The van der Waals surface area contributed by atoms with Crippen LogP contribution in [0.15, 0.2) is 52.9 Å². The van der Waals surface area contributed by atoms with E-state index < -0.39 is 10.8 Å². The van der Waals surface area contributed by atoms with Gasteiger partial charge < -0.3 is 19.4 Å². The van der Waals surface area contributed by atoms with Gasteiger partial charge in [-0.05, 0) is 73.6 Å². The molecule has 1 saturated heterocycles. The fourth-order valence-electron chi connectivity index (χ4n) is 4.47. The second-order valence-electron chi connectivity index (χ2n) is 9.11. The number of amides is 1. The Balaban J connectivity index is 1.32. The van der Waals surface area contributed by atoms with Crippen molar-refractivity contribution in [2.75, 3.05) is 36.5 Å². The highest BCUT2D eigenvalue weighted by Crippen LogP contribution is 2.32. The van der Waals surface area contributed by atoms with E-state index in [0.29, 0.717) is 59.7 Å². The number of rotatable bonds is 5. The third-order valence-corrected chi connectivity index (χ3v) is 6.83. The van der Waals surface area contributed by atoms with Crippen molar-refractivity contribution in [2.45, 2.75) is 13.8 Å². The van der Waals surface area contributed by atoms with Gasteiger partial charge in [0.25, 0.3) is 11.6 Å². The maximum absolute atomic E-state index is 12.9. The summed E-state index contributed by atoms with van der Waals surface area (Å²) in [5.74, 6) is -0.178. The van der Waals surface area contributed by atoms with E-state index in [-0.39, 0.29) is 16.4 Å². The topological polar surface area (TPSA) is 123 Å². The minimum atomic E-state index is -0.596. The lowest BCUT2D eigenvalue weighted by atomic mass is 10.1. The number of aryl methyl sites for hydroxylation is 2. The molecule has 4 aromatic rings. The fourth-order valence-corrected chi connectivity index (χ4v) is 4.83. The minimum Gasteiger partial charge on any atom is -0.436 e. The zero-order valence-corrected chi connectivity index (χ0v) is 22.7. The van der Waals surface area contributed by atoms with Crippen LogP contribution in [0.5, 0.6) is 0 Å². The summed E-state index contributed by atoms with van der Waals surface area (Å²) in [5.41, 5.74) is 5.00. The number of nitro benzene ring substituents is 1. The van der Waals surface area contributed by atoms with E-state index in [1.54, 1.807) is 24.3 Å². The van der Waals surface area contributed by atoms with Crippen LogP contribution in [0.1, 0.15) is 21.5 Å². The summed E-state index contributed by atoms with van der Waals surface area (Å²) in [6.45, 7) is 5.98. The predicted octanol–water partition coefficient (Wildman–Crippen LogP) is 5.64. The molecule has 1 amide bonds. The van der Waals surface area contributed by atoms with Crippen molar-refractivity contribution in [1.82, 2.24) is 10.3 Å². The number of nitro groups is 1. The van der Waals surface area contributed by atoms with Crippen molar-refractivity contribution in [3.63, 3.8) is 0 Å². The van der Waals surface area contributed by atoms with E-state index in [0.717, 1.165) is 16.6 Å². The predicted molar refractivity (Wildman–Crippen MR) is 154 cm³/mol. The summed E-state index contributed by atoms with van der Waals surface area (Å²) in [7, 11) is 0. The zero-order valence-electron chi connectivity index (χ0n) is 21.1. The quantitative estimate of drug-likeness (QED) is 0.180. The van der Waals surface area contributed by atoms with E-state index in [1.807, 2.05) is 30.9 Å². The van der Waals surface area contributed by atoms with Gasteiger partial charge in [0, 0.05) is 30.3 Å². The van der Waals surface area contributed by atoms with Gasteiger partial charge in [-0.1, -0.05) is 17.7 Å². The third-order valence-electron chi connectivity index (χ3n) is 6.29. The molecule has 200 valence electrons. The van der Waals surface area contributed by atoms with Gasteiger partial charge in [0.05, 0.1) is 28.8 Å². The van der Waals surface area contributed by atoms with Gasteiger partial charge >= 0.3 is 0 Å². The van der Waals surface area contributed by atoms with Gasteiger partial charge in [0.2, 0.25) is 5.89 Å². The first-order valence-electron chi connectivity index (χ1n) is 12.1. The first-order chi connectivity index (χ1) is 18.7. The lowest BCUT2D eigenvalue weighted by Gasteiger charge is -2.28. The van der Waals surface area contributed by atoms with Crippen LogP contribution in [0.2, 0.25) is 5.02 Å². The number of hydrogen-bond donors (Lipinski definition) is 2. The molecule has 1 aliphatic rings. The van der Waals surface area contributed by atoms with E-state index in [9.17, 15) is 14.9 Å². The molecule has 1 aliphatic heterocycles. The van der Waals surface area contributed by atoms with Crippen LogP contribution in [-0.2, 0) is 4.74 Å². The Morgan fingerprint density at radius 2 is 1.90 bits per heavy atom. The Hall–Kier alpha value is -4.06. The average molecular weight is 566 g/mol. The van der Waals surface area contributed by atoms with Crippen molar-refractivity contribution in [3.8, 4) is 11.5 Å². The Labute approximate surface area is 234 Å². The number of nitrogens with zero attached hydrogens (tertiary/aromatic N) is 3. The van der Waals surface area contributed by atoms with Gasteiger partial charge in [-0.25, -0.2) is 4.98 Å². The number of anilines is 2. The Bertz CT molecular complexity index is 1620. The van der Waals surface area contributed by atoms with Crippen LogP contribution < -0.4 is 15.5 Å². The van der Waals surface area contributed by atoms with Gasteiger partial charge in [0.1, 0.15) is 11.2 Å². The molecule has 0 bridgehead atoms. The molecule has 12 heteroatoms. The van der Waals surface area contributed by atoms with Gasteiger partial charge in [0.15, 0.2) is 10.7 Å². The molecule has 5 rings (SSSR count). The highest BCUT2D eigenvalue weighted by Gasteiger charge is 2.24. The van der Waals surface area contributed by atoms with Crippen LogP contribution in [0.4, 0.5) is 17.1 Å². The smallest absolute Gasteiger partial charge is 0.293 e. The molecular formula is C27H24ClN5O5S. The molecule has 1 aromatic heterocycles. The molecule has 3 aromatic carbocycles. The molecular weight excluding hydrogens is 542 g/mol. The number of fused-ring (bicyclic) bond motifs is 1. The number of hydrogen-bond acceptors (Lipinski definition) is 8. The molecule has 0 aliphatic carbocycles. The van der Waals surface area contributed by atoms with Crippen LogP contribution in [-0.4, -0.2) is 47.2 Å². The Kier molecular flexibility index (Phi) is 7.47. The van der Waals surface area contributed by atoms with Crippen LogP contribution in [0, 0.1) is 24.0 Å². The average Bonchev–Trinajstić information content (AvgIpc) is 3.34. The molecule has 0 saturated carbocycles. The van der Waals surface area contributed by atoms with E-state index in [4.69, 9.17) is 33.0 Å². The van der Waals surface area contributed by atoms with E-state index >= 15 is 0 Å². The van der Waals surface area contributed by atoms with Crippen LogP contribution in [0.3, 0.4) is 0 Å². The van der Waals surface area contributed by atoms with Gasteiger partial charge in [-0.15, -0.1) is 0 Å². The number of benzene rings is 3. The van der Waals surface area contributed by atoms with Crippen molar-refractivity contribution in [1.29, 1.82) is 0 Å². The molecule has 0 unspecified atom stereocenters. The molecule has 2 heterocycles. The normalized spacial score (nSPS) is 13.4. The molecule has 39 heavy (non-hydrogen) atoms. The lowest BCUT2D eigenvalue weighted by Crippen LogP contribution is -2.37. The summed E-state index contributed by atoms with van der Waals surface area (Å²) in [6, 6.07) is 13.5. The molecule has 10 nitrogen and oxygen atoms in total. The minimum absolute atomic E-state index is 0.0250. The summed E-state index contributed by atoms with van der Waals surface area (Å²) in [6.07, 6.45) is 0. The largest absolute Gasteiger partial charge is 0.436 e. The summed E-state index contributed by atoms with van der Waals surface area (Å²) in [4.78, 5) is 30.6. The maximum Gasteiger partial charge on any atom is 0.293 e. The lowest BCUT2D eigenvalue weighted by molar-refractivity contribution is -0.384. The Morgan fingerprint density at radius 3 is 2.64 bits per heavy atom. The molecule has 2 N–H and O–H groups in total. The van der Waals surface area contributed by atoms with E-state index in [2.05, 4.69) is 15.6 Å². The Morgan fingerprint density at radius 1 is 1.13 bits per heavy atom. The zero-order chi connectivity index (χ0) is 27.7. The molecule has 0 spiro atoms. The SMILES string of the molecule is Cc1cc(C)c2oc(-c3ccc(Cl)c(NC(=S)NC(=O)c4ccc(N5CCOCC5)c([N+](=O)[O-])c4)c3)nc2c1. The number of morpholine rings is 1. The van der Waals surface area contributed by atoms with E-state index in [1.165, 1.54) is 12.1 Å². The highest BCUT2D eigenvalue weighted by atomic mass is 35.5. The second-order valence-corrected chi connectivity index (χ2v) is 9.93. The highest BCUT2D eigenvalue weighted by molar-refractivity contribution is 7.80. The van der Waals surface area contributed by atoms with Crippen molar-refractivity contribution in [3.05, 3.63) is 80.4 Å². The molecule has 0 atom stereocenters. The number of aromatic nitrogens is 1. The summed E-state index contributed by atoms with van der Waals surface area (Å²) < 4.78 is 11.3. The second kappa shape index (κ2) is 11.0. The van der Waals surface area contributed by atoms with Gasteiger partial charge in [-0.2, -0.15) is 0 Å². The van der Waals surface area contributed by atoms with Gasteiger partial charge in [-0.3, -0.25) is 20.2 Å². The van der Waals surface area contributed by atoms with Crippen molar-refractivity contribution >= 4 is 63.0 Å². The number of nitrogens with one attached hydrogen (secondary N) is 2. The number of thiocarbonyl (C=S) groups is 1.